The van der Waals surface area contributed by atoms with Crippen molar-refractivity contribution in [1.29, 1.82) is 0 Å². The van der Waals surface area contributed by atoms with Crippen LogP contribution in [0.2, 0.25) is 0 Å². The van der Waals surface area contributed by atoms with Gasteiger partial charge in [-0.3, -0.25) is 9.59 Å². The van der Waals surface area contributed by atoms with Crippen molar-refractivity contribution in [2.75, 3.05) is 18.0 Å². The Labute approximate surface area is 146 Å². The molecule has 1 atom stereocenters. The van der Waals surface area contributed by atoms with Crippen LogP contribution in [0.4, 0.5) is 5.82 Å². The highest BCUT2D eigenvalue weighted by molar-refractivity contribution is 5.91. The average molecular weight is 338 g/mol. The van der Waals surface area contributed by atoms with E-state index in [1.807, 2.05) is 35.2 Å². The minimum atomic E-state index is -0.355. The van der Waals surface area contributed by atoms with Gasteiger partial charge >= 0.3 is 0 Å². The second kappa shape index (κ2) is 6.35. The van der Waals surface area contributed by atoms with E-state index in [1.165, 1.54) is 6.20 Å². The summed E-state index contributed by atoms with van der Waals surface area (Å²) in [7, 11) is 0. The molecule has 2 aliphatic rings. The minimum Gasteiger partial charge on any atom is -0.351 e. The van der Waals surface area contributed by atoms with Crippen LogP contribution in [-0.4, -0.2) is 35.0 Å². The standard InChI is InChI=1S/C19H22N4O2/c24-17-16(20-10-11-21-17)23-12-4-7-15(13-23)22-18(25)19(8-9-19)14-5-2-1-3-6-14/h1-3,5-6,10-11,15H,4,7-9,12-13H2,(H,21,24)(H,22,25)/t15-/m0/s1. The lowest BCUT2D eigenvalue weighted by molar-refractivity contribution is -0.124. The molecule has 2 heterocycles. The van der Waals surface area contributed by atoms with E-state index in [9.17, 15) is 9.59 Å². The zero-order valence-electron chi connectivity index (χ0n) is 14.1. The van der Waals surface area contributed by atoms with E-state index in [-0.39, 0.29) is 22.9 Å². The fourth-order valence-electron chi connectivity index (χ4n) is 3.71. The van der Waals surface area contributed by atoms with Crippen molar-refractivity contribution in [2.24, 2.45) is 0 Å². The van der Waals surface area contributed by atoms with Crippen LogP contribution in [0, 0.1) is 0 Å². The first-order chi connectivity index (χ1) is 12.2. The number of nitrogens with zero attached hydrogens (tertiary/aromatic N) is 2. The van der Waals surface area contributed by atoms with Gasteiger partial charge in [-0.15, -0.1) is 0 Å². The molecule has 0 radical (unpaired) electrons. The molecule has 2 fully saturated rings. The van der Waals surface area contributed by atoms with Crippen LogP contribution in [0.25, 0.3) is 0 Å². The first-order valence-electron chi connectivity index (χ1n) is 8.84. The van der Waals surface area contributed by atoms with Gasteiger partial charge in [-0.1, -0.05) is 30.3 Å². The molecule has 1 aromatic carbocycles. The smallest absolute Gasteiger partial charge is 0.290 e. The van der Waals surface area contributed by atoms with Crippen molar-refractivity contribution in [3.05, 3.63) is 58.6 Å². The second-order valence-electron chi connectivity index (χ2n) is 6.95. The normalized spacial score (nSPS) is 21.6. The van der Waals surface area contributed by atoms with E-state index in [1.54, 1.807) is 6.20 Å². The summed E-state index contributed by atoms with van der Waals surface area (Å²) in [5.41, 5.74) is 0.560. The highest BCUT2D eigenvalue weighted by Gasteiger charge is 2.51. The van der Waals surface area contributed by atoms with Crippen LogP contribution in [0.15, 0.2) is 47.5 Å². The molecular formula is C19H22N4O2. The maximum absolute atomic E-state index is 12.9. The molecule has 1 amide bonds. The Morgan fingerprint density at radius 2 is 2.08 bits per heavy atom. The van der Waals surface area contributed by atoms with Crippen molar-refractivity contribution in [3.63, 3.8) is 0 Å². The number of aromatic nitrogens is 2. The Kier molecular flexibility index (Phi) is 4.03. The summed E-state index contributed by atoms with van der Waals surface area (Å²) in [4.78, 5) is 33.7. The van der Waals surface area contributed by atoms with Crippen LogP contribution < -0.4 is 15.8 Å². The third-order valence-electron chi connectivity index (χ3n) is 5.26. The average Bonchev–Trinajstić information content (AvgIpc) is 3.45. The maximum Gasteiger partial charge on any atom is 0.290 e. The van der Waals surface area contributed by atoms with Gasteiger partial charge in [0.2, 0.25) is 5.91 Å². The third-order valence-corrected chi connectivity index (χ3v) is 5.26. The van der Waals surface area contributed by atoms with E-state index in [0.717, 1.165) is 37.8 Å². The van der Waals surface area contributed by atoms with Gasteiger partial charge in [0.25, 0.3) is 5.56 Å². The number of hydrogen-bond acceptors (Lipinski definition) is 4. The van der Waals surface area contributed by atoms with E-state index in [2.05, 4.69) is 15.3 Å². The zero-order chi connectivity index (χ0) is 17.3. The summed E-state index contributed by atoms with van der Waals surface area (Å²) < 4.78 is 0. The molecule has 2 aromatic rings. The molecule has 0 bridgehead atoms. The monoisotopic (exact) mass is 338 g/mol. The highest BCUT2D eigenvalue weighted by atomic mass is 16.2. The molecule has 0 spiro atoms. The van der Waals surface area contributed by atoms with E-state index in [0.29, 0.717) is 12.4 Å². The molecule has 1 aliphatic carbocycles. The number of aromatic amines is 1. The quantitative estimate of drug-likeness (QED) is 0.887. The number of anilines is 1. The Morgan fingerprint density at radius 3 is 2.80 bits per heavy atom. The number of rotatable bonds is 4. The van der Waals surface area contributed by atoms with Gasteiger partial charge < -0.3 is 15.2 Å². The first kappa shape index (κ1) is 15.9. The van der Waals surface area contributed by atoms with Gasteiger partial charge in [0.05, 0.1) is 5.41 Å². The molecule has 25 heavy (non-hydrogen) atoms. The summed E-state index contributed by atoms with van der Waals surface area (Å²) in [6.45, 7) is 1.41. The number of H-pyrrole nitrogens is 1. The van der Waals surface area contributed by atoms with Gasteiger partial charge in [-0.25, -0.2) is 4.98 Å². The number of amides is 1. The molecule has 6 nitrogen and oxygen atoms in total. The Hall–Kier alpha value is -2.63. The van der Waals surface area contributed by atoms with Crippen molar-refractivity contribution in [1.82, 2.24) is 15.3 Å². The lowest BCUT2D eigenvalue weighted by atomic mass is 9.94. The Morgan fingerprint density at radius 1 is 1.28 bits per heavy atom. The number of nitrogens with one attached hydrogen (secondary N) is 2. The fourth-order valence-corrected chi connectivity index (χ4v) is 3.71. The van der Waals surface area contributed by atoms with Crippen molar-refractivity contribution < 1.29 is 4.79 Å². The van der Waals surface area contributed by atoms with Crippen molar-refractivity contribution >= 4 is 11.7 Å². The van der Waals surface area contributed by atoms with Crippen LogP contribution >= 0.6 is 0 Å². The summed E-state index contributed by atoms with van der Waals surface area (Å²) in [5, 5.41) is 3.22. The topological polar surface area (TPSA) is 78.1 Å². The molecule has 4 rings (SSSR count). The van der Waals surface area contributed by atoms with Crippen molar-refractivity contribution in [2.45, 2.75) is 37.1 Å². The number of carbonyl (C=O) groups is 1. The molecule has 1 saturated carbocycles. The van der Waals surface area contributed by atoms with Gasteiger partial charge in [0.15, 0.2) is 5.82 Å². The maximum atomic E-state index is 12.9. The SMILES string of the molecule is O=C(N[C@H]1CCCN(c2ncc[nH]c2=O)C1)C1(c2ccccc2)CC1. The summed E-state index contributed by atoms with van der Waals surface area (Å²) in [6, 6.07) is 10.1. The van der Waals surface area contributed by atoms with Gasteiger partial charge in [-0.05, 0) is 31.2 Å². The van der Waals surface area contributed by atoms with Crippen LogP contribution in [0.5, 0.6) is 0 Å². The van der Waals surface area contributed by atoms with Gasteiger partial charge in [-0.2, -0.15) is 0 Å². The predicted molar refractivity (Wildman–Crippen MR) is 95.6 cm³/mol. The molecular weight excluding hydrogens is 316 g/mol. The van der Waals surface area contributed by atoms with E-state index < -0.39 is 0 Å². The van der Waals surface area contributed by atoms with Gasteiger partial charge in [0, 0.05) is 31.5 Å². The minimum absolute atomic E-state index is 0.0452. The lowest BCUT2D eigenvalue weighted by Crippen LogP contribution is -2.51. The number of piperidine rings is 1. The van der Waals surface area contributed by atoms with E-state index >= 15 is 0 Å². The molecule has 1 aromatic heterocycles. The first-order valence-corrected chi connectivity index (χ1v) is 8.84. The molecule has 0 unspecified atom stereocenters. The molecule has 1 saturated heterocycles. The zero-order valence-corrected chi connectivity index (χ0v) is 14.1. The summed E-state index contributed by atoms with van der Waals surface area (Å²) in [6.07, 6.45) is 6.79. The predicted octanol–water partition coefficient (Wildman–Crippen LogP) is 1.59. The molecule has 130 valence electrons. The second-order valence-corrected chi connectivity index (χ2v) is 6.95. The number of carbonyl (C=O) groups excluding carboxylic acids is 1. The third kappa shape index (κ3) is 3.04. The Bertz CT molecular complexity index is 813. The number of benzene rings is 1. The van der Waals surface area contributed by atoms with Gasteiger partial charge in [0.1, 0.15) is 0 Å². The largest absolute Gasteiger partial charge is 0.351 e. The summed E-state index contributed by atoms with van der Waals surface area (Å²) >= 11 is 0. The number of hydrogen-bond donors (Lipinski definition) is 2. The molecule has 1 aliphatic heterocycles. The molecule has 2 N–H and O–H groups in total. The van der Waals surface area contributed by atoms with Crippen LogP contribution in [0.3, 0.4) is 0 Å². The Balaban J connectivity index is 1.45. The van der Waals surface area contributed by atoms with Crippen LogP contribution in [0.1, 0.15) is 31.2 Å². The summed E-state index contributed by atoms with van der Waals surface area (Å²) in [5.74, 6) is 0.547. The highest BCUT2D eigenvalue weighted by Crippen LogP contribution is 2.48. The van der Waals surface area contributed by atoms with E-state index in [4.69, 9.17) is 0 Å². The van der Waals surface area contributed by atoms with Crippen molar-refractivity contribution in [3.8, 4) is 0 Å². The fraction of sp³-hybridized carbons (Fsp3) is 0.421. The molecule has 6 heteroatoms. The van der Waals surface area contributed by atoms with Crippen LogP contribution in [-0.2, 0) is 10.2 Å². The lowest BCUT2D eigenvalue weighted by Gasteiger charge is -2.34.